The summed E-state index contributed by atoms with van der Waals surface area (Å²) in [5, 5.41) is 3.23. The second kappa shape index (κ2) is 11.7. The number of nitrogens with one attached hydrogen (secondary N) is 1. The summed E-state index contributed by atoms with van der Waals surface area (Å²) < 4.78 is 1.57. The van der Waals surface area contributed by atoms with Crippen molar-refractivity contribution < 1.29 is 4.79 Å². The first-order valence-corrected chi connectivity index (χ1v) is 13.0. The number of amides is 1. The highest BCUT2D eigenvalue weighted by Crippen LogP contribution is 2.25. The zero-order chi connectivity index (χ0) is 25.6. The number of aromatic nitrogens is 3. The number of aryl methyl sites for hydroxylation is 1. The van der Waals surface area contributed by atoms with E-state index in [0.29, 0.717) is 42.2 Å². The Morgan fingerprint density at radius 1 is 1.14 bits per heavy atom. The highest BCUT2D eigenvalue weighted by Gasteiger charge is 2.22. The van der Waals surface area contributed by atoms with Gasteiger partial charge in [-0.2, -0.15) is 0 Å². The number of carbonyl (C=O) groups is 1. The maximum atomic E-state index is 13.2. The van der Waals surface area contributed by atoms with E-state index in [1.54, 1.807) is 17.8 Å². The molecule has 1 unspecified atom stereocenters. The lowest BCUT2D eigenvalue weighted by Gasteiger charge is -2.19. The van der Waals surface area contributed by atoms with E-state index in [2.05, 4.69) is 55.3 Å². The van der Waals surface area contributed by atoms with Gasteiger partial charge in [-0.1, -0.05) is 69.8 Å². The van der Waals surface area contributed by atoms with Crippen molar-refractivity contribution >= 4 is 17.7 Å². The van der Waals surface area contributed by atoms with Gasteiger partial charge in [0, 0.05) is 49.6 Å². The lowest BCUT2D eigenvalue weighted by molar-refractivity contribution is -0.120. The Bertz CT molecular complexity index is 1200. The molecular weight excluding hydrogens is 456 g/mol. The Labute approximate surface area is 212 Å². The van der Waals surface area contributed by atoms with Crippen molar-refractivity contribution in [1.29, 1.82) is 0 Å². The molecule has 0 bridgehead atoms. The van der Waals surface area contributed by atoms with Gasteiger partial charge >= 0.3 is 0 Å². The molecule has 0 spiro atoms. The van der Waals surface area contributed by atoms with Gasteiger partial charge < -0.3 is 5.32 Å². The third-order valence-corrected chi connectivity index (χ3v) is 7.48. The van der Waals surface area contributed by atoms with Crippen LogP contribution in [0.1, 0.15) is 62.2 Å². The molecule has 0 aliphatic carbocycles. The number of nitrogens with zero attached hydrogens (tertiary/aromatic N) is 3. The number of benzene rings is 1. The van der Waals surface area contributed by atoms with Crippen LogP contribution in [0.25, 0.3) is 0 Å². The molecule has 0 radical (unpaired) electrons. The fourth-order valence-electron chi connectivity index (χ4n) is 3.79. The number of hydrogen-bond acceptors (Lipinski definition) is 5. The van der Waals surface area contributed by atoms with E-state index < -0.39 is 0 Å². The molecule has 186 valence electrons. The number of pyridine rings is 1. The van der Waals surface area contributed by atoms with Crippen LogP contribution >= 0.6 is 11.8 Å². The second-order valence-electron chi connectivity index (χ2n) is 9.82. The van der Waals surface area contributed by atoms with Crippen LogP contribution < -0.4 is 10.9 Å². The molecule has 0 saturated heterocycles. The third kappa shape index (κ3) is 7.04. The van der Waals surface area contributed by atoms with E-state index >= 15 is 0 Å². The van der Waals surface area contributed by atoms with Crippen LogP contribution in [0.2, 0.25) is 0 Å². The van der Waals surface area contributed by atoms with Crippen molar-refractivity contribution in [3.8, 4) is 0 Å². The molecular formula is C28H36N4O2S. The van der Waals surface area contributed by atoms with E-state index in [1.807, 2.05) is 32.0 Å². The lowest BCUT2D eigenvalue weighted by Crippen LogP contribution is -2.35. The number of thioether (sulfide) groups is 1. The molecule has 2 heterocycles. The molecule has 0 fully saturated rings. The second-order valence-corrected chi connectivity index (χ2v) is 11.0. The van der Waals surface area contributed by atoms with Gasteiger partial charge in [-0.3, -0.25) is 19.1 Å². The van der Waals surface area contributed by atoms with Gasteiger partial charge in [0.05, 0.1) is 5.25 Å². The first-order valence-electron chi connectivity index (χ1n) is 12.1. The SMILES string of the molecule is CCC(Sc1nc(C)c(Cc2ccc(C(C)(C)C)cc2)c(=O)n1C)C(=O)NCCc1ccccn1. The van der Waals surface area contributed by atoms with Gasteiger partial charge in [0.2, 0.25) is 5.91 Å². The van der Waals surface area contributed by atoms with Crippen molar-refractivity contribution in [3.63, 3.8) is 0 Å². The fourth-order valence-corrected chi connectivity index (χ4v) is 4.83. The molecule has 2 aromatic heterocycles. The third-order valence-electron chi connectivity index (χ3n) is 6.07. The van der Waals surface area contributed by atoms with Crippen molar-refractivity contribution in [2.24, 2.45) is 7.05 Å². The molecule has 0 aliphatic rings. The summed E-state index contributed by atoms with van der Waals surface area (Å²) >= 11 is 1.34. The fraction of sp³-hybridized carbons (Fsp3) is 0.429. The Morgan fingerprint density at radius 3 is 2.46 bits per heavy atom. The Morgan fingerprint density at radius 2 is 1.86 bits per heavy atom. The summed E-state index contributed by atoms with van der Waals surface area (Å²) in [6.07, 6.45) is 3.60. The smallest absolute Gasteiger partial charge is 0.257 e. The van der Waals surface area contributed by atoms with Crippen molar-refractivity contribution in [2.45, 2.75) is 69.7 Å². The van der Waals surface area contributed by atoms with Crippen LogP contribution in [0.4, 0.5) is 0 Å². The number of hydrogen-bond donors (Lipinski definition) is 1. The first kappa shape index (κ1) is 26.7. The number of rotatable bonds is 9. The minimum atomic E-state index is -0.327. The lowest BCUT2D eigenvalue weighted by atomic mass is 9.86. The number of carbonyl (C=O) groups excluding carboxylic acids is 1. The summed E-state index contributed by atoms with van der Waals surface area (Å²) in [6, 6.07) is 14.2. The first-order chi connectivity index (χ1) is 16.6. The maximum Gasteiger partial charge on any atom is 0.257 e. The predicted molar refractivity (Wildman–Crippen MR) is 143 cm³/mol. The molecule has 1 N–H and O–H groups in total. The summed E-state index contributed by atoms with van der Waals surface area (Å²) in [5.74, 6) is -0.0525. The summed E-state index contributed by atoms with van der Waals surface area (Å²) in [4.78, 5) is 35.0. The maximum absolute atomic E-state index is 13.2. The van der Waals surface area contributed by atoms with E-state index in [0.717, 1.165) is 11.3 Å². The standard InChI is InChI=1S/C28H36N4O2S/c1-7-24(25(33)30-17-15-22-10-8-9-16-29-22)35-27-31-19(2)23(26(34)32(27)6)18-20-11-13-21(14-12-20)28(3,4)5/h8-14,16,24H,7,15,17-18H2,1-6H3,(H,30,33). The van der Waals surface area contributed by atoms with Gasteiger partial charge in [0.15, 0.2) is 5.16 Å². The molecule has 3 aromatic rings. The quantitative estimate of drug-likeness (QED) is 0.349. The van der Waals surface area contributed by atoms with Crippen LogP contribution in [0.5, 0.6) is 0 Å². The van der Waals surface area contributed by atoms with Gasteiger partial charge in [-0.25, -0.2) is 4.98 Å². The molecule has 6 nitrogen and oxygen atoms in total. The van der Waals surface area contributed by atoms with E-state index in [9.17, 15) is 9.59 Å². The predicted octanol–water partition coefficient (Wildman–Crippen LogP) is 4.60. The monoisotopic (exact) mass is 492 g/mol. The van der Waals surface area contributed by atoms with Gasteiger partial charge in [0.25, 0.3) is 5.56 Å². The molecule has 1 atom stereocenters. The summed E-state index contributed by atoms with van der Waals surface area (Å²) in [5.41, 5.74) is 4.71. The molecule has 7 heteroatoms. The van der Waals surface area contributed by atoms with Crippen LogP contribution in [0.3, 0.4) is 0 Å². The summed E-state index contributed by atoms with van der Waals surface area (Å²) in [7, 11) is 1.73. The van der Waals surface area contributed by atoms with Gasteiger partial charge in [-0.05, 0) is 42.0 Å². The zero-order valence-electron chi connectivity index (χ0n) is 21.6. The van der Waals surface area contributed by atoms with Crippen molar-refractivity contribution in [2.75, 3.05) is 6.54 Å². The van der Waals surface area contributed by atoms with Crippen molar-refractivity contribution in [1.82, 2.24) is 19.9 Å². The molecule has 3 rings (SSSR count). The largest absolute Gasteiger partial charge is 0.355 e. The van der Waals surface area contributed by atoms with Crippen LogP contribution in [0, 0.1) is 6.92 Å². The highest BCUT2D eigenvalue weighted by molar-refractivity contribution is 8.00. The molecule has 0 aliphatic heterocycles. The van der Waals surface area contributed by atoms with Crippen LogP contribution in [-0.4, -0.2) is 32.2 Å². The zero-order valence-corrected chi connectivity index (χ0v) is 22.4. The Hall–Kier alpha value is -2.93. The normalized spacial score (nSPS) is 12.4. The highest BCUT2D eigenvalue weighted by atomic mass is 32.2. The summed E-state index contributed by atoms with van der Waals surface area (Å²) in [6.45, 7) is 10.9. The van der Waals surface area contributed by atoms with Gasteiger partial charge in [-0.15, -0.1) is 0 Å². The van der Waals surface area contributed by atoms with Crippen LogP contribution in [0.15, 0.2) is 58.6 Å². The molecule has 35 heavy (non-hydrogen) atoms. The molecule has 0 saturated carbocycles. The Balaban J connectivity index is 1.69. The van der Waals surface area contributed by atoms with E-state index in [1.165, 1.54) is 17.3 Å². The van der Waals surface area contributed by atoms with E-state index in [4.69, 9.17) is 4.98 Å². The topological polar surface area (TPSA) is 76.9 Å². The van der Waals surface area contributed by atoms with Gasteiger partial charge in [0.1, 0.15) is 0 Å². The molecule has 1 aromatic carbocycles. The average molecular weight is 493 g/mol. The van der Waals surface area contributed by atoms with Crippen LogP contribution in [-0.2, 0) is 30.1 Å². The minimum Gasteiger partial charge on any atom is -0.355 e. The van der Waals surface area contributed by atoms with Crippen molar-refractivity contribution in [3.05, 3.63) is 87.1 Å². The molecule has 1 amide bonds. The average Bonchev–Trinajstić information content (AvgIpc) is 2.83. The minimum absolute atomic E-state index is 0.0525. The Kier molecular flexibility index (Phi) is 8.89. The van der Waals surface area contributed by atoms with E-state index in [-0.39, 0.29) is 22.1 Å².